The summed E-state index contributed by atoms with van der Waals surface area (Å²) in [5.74, 6) is 6.33. The van der Waals surface area contributed by atoms with E-state index in [9.17, 15) is 8.42 Å². The van der Waals surface area contributed by atoms with Gasteiger partial charge in [-0.1, -0.05) is 24.0 Å². The molecule has 0 aliphatic rings. The number of oxazole rings is 1. The molecule has 21 heavy (non-hydrogen) atoms. The van der Waals surface area contributed by atoms with E-state index in [1.165, 1.54) is 12.3 Å². The van der Waals surface area contributed by atoms with Crippen LogP contribution < -0.4 is 10.5 Å². The van der Waals surface area contributed by atoms with Crippen molar-refractivity contribution >= 4 is 10.0 Å². The maximum absolute atomic E-state index is 12.3. The van der Waals surface area contributed by atoms with E-state index in [1.807, 2.05) is 0 Å². The number of nitrogens with zero attached hydrogens (tertiary/aromatic N) is 1. The molecular formula is C14H15N3O3S. The normalized spacial score (nSPS) is 11.0. The zero-order chi connectivity index (χ0) is 15.3. The largest absolute Gasteiger partial charge is 0.445 e. The Morgan fingerprint density at radius 1 is 1.38 bits per heavy atom. The van der Waals surface area contributed by atoms with Crippen LogP contribution >= 0.6 is 0 Å². The Hall–Kier alpha value is -2.14. The van der Waals surface area contributed by atoms with Gasteiger partial charge in [-0.3, -0.25) is 0 Å². The van der Waals surface area contributed by atoms with E-state index in [0.29, 0.717) is 17.2 Å². The van der Waals surface area contributed by atoms with Crippen LogP contribution in [0, 0.1) is 18.8 Å². The van der Waals surface area contributed by atoms with Crippen LogP contribution in [0.2, 0.25) is 0 Å². The molecular weight excluding hydrogens is 290 g/mol. The summed E-state index contributed by atoms with van der Waals surface area (Å²) < 4.78 is 32.3. The fourth-order valence-corrected chi connectivity index (χ4v) is 2.80. The van der Waals surface area contributed by atoms with E-state index < -0.39 is 10.0 Å². The maximum Gasteiger partial charge on any atom is 0.242 e. The monoisotopic (exact) mass is 305 g/mol. The molecule has 0 saturated carbocycles. The van der Waals surface area contributed by atoms with Gasteiger partial charge in [-0.15, -0.1) is 0 Å². The van der Waals surface area contributed by atoms with E-state index in [4.69, 9.17) is 10.2 Å². The fraction of sp³-hybridized carbons (Fsp3) is 0.214. The second-order valence-electron chi connectivity index (χ2n) is 4.19. The Morgan fingerprint density at radius 3 is 2.81 bits per heavy atom. The van der Waals surface area contributed by atoms with Gasteiger partial charge < -0.3 is 10.2 Å². The maximum atomic E-state index is 12.3. The molecule has 0 bridgehead atoms. The average molecular weight is 305 g/mol. The number of hydrogen-bond acceptors (Lipinski definition) is 5. The number of aromatic nitrogens is 1. The predicted molar refractivity (Wildman–Crippen MR) is 77.6 cm³/mol. The van der Waals surface area contributed by atoms with Gasteiger partial charge in [-0.2, -0.15) is 0 Å². The number of benzene rings is 1. The lowest BCUT2D eigenvalue weighted by Gasteiger charge is -2.07. The van der Waals surface area contributed by atoms with Gasteiger partial charge >= 0.3 is 0 Å². The van der Waals surface area contributed by atoms with Crippen molar-refractivity contribution in [3.05, 3.63) is 47.7 Å². The molecule has 6 nitrogen and oxygen atoms in total. The Kier molecular flexibility index (Phi) is 4.75. The highest BCUT2D eigenvalue weighted by Gasteiger charge is 2.18. The first kappa shape index (κ1) is 15.3. The van der Waals surface area contributed by atoms with Crippen LogP contribution in [0.25, 0.3) is 0 Å². The smallest absolute Gasteiger partial charge is 0.242 e. The average Bonchev–Trinajstić information content (AvgIpc) is 2.89. The van der Waals surface area contributed by atoms with Gasteiger partial charge in [0.15, 0.2) is 0 Å². The Labute approximate surface area is 123 Å². The number of nitrogens with two attached hydrogens (primary N) is 1. The third-order valence-corrected chi connectivity index (χ3v) is 4.04. The molecule has 0 fully saturated rings. The summed E-state index contributed by atoms with van der Waals surface area (Å²) in [5.41, 5.74) is 5.72. The standard InChI is InChI=1S/C14H15N3O3S/c1-11-9-16-14(20-11)10-17-21(18,19)13-7-3-2-5-12(13)6-4-8-15/h2-3,5,7,9,17H,8,10,15H2,1H3. The van der Waals surface area contributed by atoms with Gasteiger partial charge in [-0.25, -0.2) is 18.1 Å². The van der Waals surface area contributed by atoms with Gasteiger partial charge in [0.25, 0.3) is 0 Å². The highest BCUT2D eigenvalue weighted by Crippen LogP contribution is 2.14. The summed E-state index contributed by atoms with van der Waals surface area (Å²) in [5, 5.41) is 0. The summed E-state index contributed by atoms with van der Waals surface area (Å²) in [7, 11) is -3.70. The van der Waals surface area contributed by atoms with Crippen LogP contribution in [0.15, 0.2) is 39.8 Å². The number of hydrogen-bond donors (Lipinski definition) is 2. The fourth-order valence-electron chi connectivity index (χ4n) is 1.67. The molecule has 1 heterocycles. The lowest BCUT2D eigenvalue weighted by molar-refractivity contribution is 0.463. The van der Waals surface area contributed by atoms with E-state index in [-0.39, 0.29) is 18.0 Å². The van der Waals surface area contributed by atoms with Crippen molar-refractivity contribution in [3.63, 3.8) is 0 Å². The quantitative estimate of drug-likeness (QED) is 0.813. The molecule has 0 saturated heterocycles. The third kappa shape index (κ3) is 3.92. The minimum absolute atomic E-state index is 0.0190. The van der Waals surface area contributed by atoms with E-state index in [2.05, 4.69) is 21.5 Å². The van der Waals surface area contributed by atoms with Gasteiger partial charge in [0.05, 0.1) is 24.2 Å². The molecule has 2 rings (SSSR count). The first-order valence-corrected chi connectivity index (χ1v) is 7.70. The number of sulfonamides is 1. The van der Waals surface area contributed by atoms with Gasteiger partial charge in [0.2, 0.25) is 15.9 Å². The predicted octanol–water partition coefficient (Wildman–Crippen LogP) is 0.772. The molecule has 0 radical (unpaired) electrons. The molecule has 0 spiro atoms. The second-order valence-corrected chi connectivity index (χ2v) is 5.93. The highest BCUT2D eigenvalue weighted by atomic mass is 32.2. The number of nitrogens with one attached hydrogen (secondary N) is 1. The summed E-state index contributed by atoms with van der Waals surface area (Å²) in [6.45, 7) is 1.88. The van der Waals surface area contributed by atoms with Crippen LogP contribution in [0.5, 0.6) is 0 Å². The van der Waals surface area contributed by atoms with Crippen LogP contribution in [0.1, 0.15) is 17.2 Å². The minimum atomic E-state index is -3.70. The van der Waals surface area contributed by atoms with Gasteiger partial charge in [0, 0.05) is 5.56 Å². The Morgan fingerprint density at radius 2 is 2.14 bits per heavy atom. The summed E-state index contributed by atoms with van der Waals surface area (Å²) in [4.78, 5) is 4.05. The van der Waals surface area contributed by atoms with Crippen molar-refractivity contribution in [2.24, 2.45) is 5.73 Å². The van der Waals surface area contributed by atoms with Crippen LogP contribution in [-0.4, -0.2) is 19.9 Å². The van der Waals surface area contributed by atoms with Crippen molar-refractivity contribution in [2.45, 2.75) is 18.4 Å². The van der Waals surface area contributed by atoms with E-state index >= 15 is 0 Å². The van der Waals surface area contributed by atoms with E-state index in [1.54, 1.807) is 25.1 Å². The van der Waals surface area contributed by atoms with Crippen molar-refractivity contribution < 1.29 is 12.8 Å². The van der Waals surface area contributed by atoms with Gasteiger partial charge in [0.1, 0.15) is 5.76 Å². The zero-order valence-corrected chi connectivity index (χ0v) is 12.3. The molecule has 7 heteroatoms. The van der Waals surface area contributed by atoms with Crippen LogP contribution in [0.4, 0.5) is 0 Å². The summed E-state index contributed by atoms with van der Waals surface area (Å²) in [6, 6.07) is 6.48. The number of rotatable bonds is 4. The molecule has 0 aliphatic heterocycles. The molecule has 1 aromatic heterocycles. The summed E-state index contributed by atoms with van der Waals surface area (Å²) >= 11 is 0. The number of aryl methyl sites for hydroxylation is 1. The molecule has 0 aliphatic carbocycles. The van der Waals surface area contributed by atoms with Crippen LogP contribution in [0.3, 0.4) is 0 Å². The Balaban J connectivity index is 2.23. The molecule has 2 aromatic rings. The third-order valence-electron chi connectivity index (χ3n) is 2.58. The topological polar surface area (TPSA) is 98.2 Å². The first-order chi connectivity index (χ1) is 10.0. The molecule has 0 unspecified atom stereocenters. The van der Waals surface area contributed by atoms with Crippen molar-refractivity contribution in [3.8, 4) is 11.8 Å². The first-order valence-electron chi connectivity index (χ1n) is 6.22. The summed E-state index contributed by atoms with van der Waals surface area (Å²) in [6.07, 6.45) is 1.53. The highest BCUT2D eigenvalue weighted by molar-refractivity contribution is 7.89. The molecule has 1 aromatic carbocycles. The molecule has 0 amide bonds. The minimum Gasteiger partial charge on any atom is -0.445 e. The molecule has 3 N–H and O–H groups in total. The molecule has 110 valence electrons. The van der Waals surface area contributed by atoms with E-state index in [0.717, 1.165) is 0 Å². The Bertz CT molecular complexity index is 785. The van der Waals surface area contributed by atoms with Crippen molar-refractivity contribution in [1.82, 2.24) is 9.71 Å². The second kappa shape index (κ2) is 6.54. The van der Waals surface area contributed by atoms with Crippen molar-refractivity contribution in [1.29, 1.82) is 0 Å². The lowest BCUT2D eigenvalue weighted by Crippen LogP contribution is -2.24. The van der Waals surface area contributed by atoms with Crippen LogP contribution in [-0.2, 0) is 16.6 Å². The van der Waals surface area contributed by atoms with Crippen molar-refractivity contribution in [2.75, 3.05) is 6.54 Å². The molecule has 0 atom stereocenters. The SMILES string of the molecule is Cc1cnc(CNS(=O)(=O)c2ccccc2C#CCN)o1. The van der Waals surface area contributed by atoms with Gasteiger partial charge in [-0.05, 0) is 19.1 Å². The lowest BCUT2D eigenvalue weighted by atomic mass is 10.2. The zero-order valence-electron chi connectivity index (χ0n) is 11.5.